The molecule has 0 unspecified atom stereocenters. The number of nitrogens with one attached hydrogen (secondary N) is 2. The first-order valence-corrected chi connectivity index (χ1v) is 3.92. The summed E-state index contributed by atoms with van der Waals surface area (Å²) < 4.78 is 7.39. The molecule has 0 saturated carbocycles. The predicted molar refractivity (Wildman–Crippen MR) is 49.5 cm³/mol. The third-order valence-corrected chi connectivity index (χ3v) is 1.75. The number of H-pyrrole nitrogens is 1. The lowest BCUT2D eigenvalue weighted by atomic mass is 10.3. The molecule has 0 aliphatic heterocycles. The summed E-state index contributed by atoms with van der Waals surface area (Å²) in [5.41, 5.74) is 3.67. The lowest BCUT2D eigenvalue weighted by Crippen LogP contribution is -1.96. The number of aromatic amines is 1. The van der Waals surface area contributed by atoms with Crippen LogP contribution in [0.15, 0.2) is 12.3 Å². The van der Waals surface area contributed by atoms with Gasteiger partial charge >= 0.3 is 0 Å². The molecule has 2 aromatic rings. The zero-order chi connectivity index (χ0) is 10.1. The van der Waals surface area contributed by atoms with Crippen LogP contribution < -0.4 is 5.48 Å². The number of anilines is 1. The zero-order valence-electron chi connectivity index (χ0n) is 7.78. The van der Waals surface area contributed by atoms with Crippen molar-refractivity contribution in [2.45, 2.75) is 0 Å². The molecule has 0 aliphatic carbocycles. The fourth-order valence-corrected chi connectivity index (χ4v) is 1.24. The van der Waals surface area contributed by atoms with Gasteiger partial charge < -0.3 is 0 Å². The van der Waals surface area contributed by atoms with E-state index in [2.05, 4.69) is 15.6 Å². The third kappa shape index (κ3) is 1.43. The van der Waals surface area contributed by atoms with Crippen molar-refractivity contribution >= 4 is 28.3 Å². The second-order valence-corrected chi connectivity index (χ2v) is 2.77. The number of pyridine rings is 1. The molecule has 0 bridgehead atoms. The van der Waals surface area contributed by atoms with Crippen molar-refractivity contribution in [2.75, 3.05) is 12.6 Å². The summed E-state index contributed by atoms with van der Waals surface area (Å²) in [6, 6.07) is 1.61. The van der Waals surface area contributed by atoms with E-state index in [-0.39, 0.29) is 5.15 Å². The minimum atomic E-state index is 0.283. The van der Waals surface area contributed by atoms with E-state index in [1.807, 2.05) is 0 Å². The smallest absolute Gasteiger partial charge is 0.192 e. The number of fused-ring (bicyclic) bond motifs is 1. The summed E-state index contributed by atoms with van der Waals surface area (Å²) in [6.07, 6.45) is 1.52. The van der Waals surface area contributed by atoms with Crippen LogP contribution in [0.5, 0.6) is 0 Å². The highest BCUT2D eigenvalue weighted by Gasteiger charge is 2.05. The summed E-state index contributed by atoms with van der Waals surface area (Å²) in [7, 11) is 1.49. The van der Waals surface area contributed by atoms with E-state index < -0.39 is 0 Å². The molecule has 0 radical (unpaired) electrons. The Labute approximate surface area is 80.5 Å². The fraction of sp³-hybridized carbons (Fsp3) is 0.143. The van der Waals surface area contributed by atoms with Crippen molar-refractivity contribution in [1.82, 2.24) is 15.2 Å². The number of aromatic nitrogens is 3. The van der Waals surface area contributed by atoms with E-state index in [9.17, 15) is 0 Å². The van der Waals surface area contributed by atoms with Crippen LogP contribution in [0.3, 0.4) is 0 Å². The largest absolute Gasteiger partial charge is 0.279 e. The van der Waals surface area contributed by atoms with Crippen molar-refractivity contribution in [3.8, 4) is 0 Å². The van der Waals surface area contributed by atoms with Crippen LogP contribution in [0.1, 0.15) is 0 Å². The van der Waals surface area contributed by atoms with Gasteiger partial charge in [-0.25, -0.2) is 4.98 Å². The number of halogens is 1. The Bertz CT molecular complexity index is 472. The van der Waals surface area contributed by atoms with Gasteiger partial charge in [-0.2, -0.15) is 5.10 Å². The third-order valence-electron chi connectivity index (χ3n) is 1.56. The van der Waals surface area contributed by atoms with E-state index in [1.54, 1.807) is 6.07 Å². The van der Waals surface area contributed by atoms with Crippen molar-refractivity contribution < 1.29 is 6.25 Å². The number of rotatable bonds is 2. The van der Waals surface area contributed by atoms with Gasteiger partial charge in [0.1, 0.15) is 5.15 Å². The Hall–Kier alpha value is -1.33. The maximum absolute atomic E-state index is 7.39. The van der Waals surface area contributed by atoms with Gasteiger partial charge in [-0.3, -0.25) is 15.4 Å². The summed E-state index contributed by atoms with van der Waals surface area (Å²) in [4.78, 5) is 8.73. The van der Waals surface area contributed by atoms with Crippen LogP contribution in [0, 0.1) is 0 Å². The summed E-state index contributed by atoms with van der Waals surface area (Å²) >= 11 is 5.76. The molecule has 0 aromatic carbocycles. The Morgan fingerprint density at radius 2 is 2.62 bits per heavy atom. The van der Waals surface area contributed by atoms with Gasteiger partial charge in [-0.05, 0) is 0 Å². The first-order chi connectivity index (χ1) is 6.72. The number of hydrogen-bond acceptors (Lipinski definition) is 4. The lowest BCUT2D eigenvalue weighted by Gasteiger charge is -2.03. The standard InChI is InChI=1S/C7H7ClN4O/c1-13-12-5-2-6(8)10-7-4(5)3-9-11-7/h2-3H,1H3,(H2,9,10,11,12)/i/hD. The highest BCUT2D eigenvalue weighted by Crippen LogP contribution is 2.23. The molecule has 5 nitrogen and oxygen atoms in total. The van der Waals surface area contributed by atoms with Gasteiger partial charge in [0.05, 0.1) is 24.4 Å². The van der Waals surface area contributed by atoms with Crippen molar-refractivity contribution in [3.63, 3.8) is 0 Å². The normalized spacial score (nSPS) is 11.7. The average Bonchev–Trinajstić information content (AvgIpc) is 2.49. The predicted octanol–water partition coefficient (Wildman–Crippen LogP) is 1.58. The van der Waals surface area contributed by atoms with Crippen molar-refractivity contribution in [1.29, 1.82) is 0 Å². The van der Waals surface area contributed by atoms with E-state index in [4.69, 9.17) is 17.9 Å². The van der Waals surface area contributed by atoms with Gasteiger partial charge in [0, 0.05) is 6.07 Å². The highest BCUT2D eigenvalue weighted by molar-refractivity contribution is 6.30. The van der Waals surface area contributed by atoms with E-state index in [1.165, 1.54) is 13.3 Å². The molecule has 2 rings (SSSR count). The van der Waals surface area contributed by atoms with E-state index in [0.717, 1.165) is 5.09 Å². The van der Waals surface area contributed by atoms with Gasteiger partial charge in [0.2, 0.25) is 0 Å². The topological polar surface area (TPSA) is 62.8 Å². The minimum Gasteiger partial charge on any atom is -0.279 e. The first-order valence-electron chi connectivity index (χ1n) is 3.99. The Morgan fingerprint density at radius 3 is 3.38 bits per heavy atom. The average molecular weight is 200 g/mol. The maximum Gasteiger partial charge on any atom is 0.192 e. The van der Waals surface area contributed by atoms with Crippen LogP contribution in [0.25, 0.3) is 11.0 Å². The summed E-state index contributed by atoms with van der Waals surface area (Å²) in [5, 5.41) is 5.62. The highest BCUT2D eigenvalue weighted by atomic mass is 35.5. The van der Waals surface area contributed by atoms with Gasteiger partial charge in [0.15, 0.2) is 7.06 Å². The Morgan fingerprint density at radius 1 is 1.77 bits per heavy atom. The Balaban J connectivity index is 2.68. The molecule has 0 amide bonds. The minimum absolute atomic E-state index is 0.283. The molecular formula is C7H7ClN4O. The molecule has 2 N–H and O–H groups in total. The Kier molecular flexibility index (Phi) is 1.75. The van der Waals surface area contributed by atoms with Crippen molar-refractivity contribution in [3.05, 3.63) is 17.4 Å². The van der Waals surface area contributed by atoms with Gasteiger partial charge in [-0.15, -0.1) is 0 Å². The molecule has 0 spiro atoms. The van der Waals surface area contributed by atoms with Crippen LogP contribution in [0.2, 0.25) is 6.56 Å². The lowest BCUT2D eigenvalue weighted by molar-refractivity contribution is 0.271. The van der Waals surface area contributed by atoms with Crippen LogP contribution in [0.4, 0.5) is 5.69 Å². The first kappa shape index (κ1) is 7.11. The van der Waals surface area contributed by atoms with Crippen LogP contribution in [-0.4, -0.2) is 22.3 Å². The van der Waals surface area contributed by atoms with Crippen LogP contribution >= 0.6 is 11.6 Å². The molecule has 6 heteroatoms. The summed E-state index contributed by atoms with van der Waals surface area (Å²) in [5.74, 6) is 0. The molecular weight excluding hydrogens is 192 g/mol. The molecule has 2 heterocycles. The molecule has 2 aromatic heterocycles. The molecule has 0 aliphatic rings. The monoisotopic (exact) mass is 199 g/mol. The summed E-state index contributed by atoms with van der Waals surface area (Å²) in [6.45, 7) is 0. The molecule has 0 fully saturated rings. The maximum atomic E-state index is 7.39. The zero-order valence-corrected chi connectivity index (χ0v) is 7.54. The number of nitrogens with zero attached hydrogens (tertiary/aromatic N) is 2. The number of hydrogen-bond donors (Lipinski definition) is 2. The second-order valence-electron chi connectivity index (χ2n) is 2.38. The fourth-order valence-electron chi connectivity index (χ4n) is 1.05. The molecule has 13 heavy (non-hydrogen) atoms. The molecule has 0 atom stereocenters. The SMILES string of the molecule is [2H]n1ncc2c(NOC)cc(Cl)nc21. The van der Waals surface area contributed by atoms with Gasteiger partial charge in [0.25, 0.3) is 0 Å². The quantitative estimate of drug-likeness (QED) is 0.570. The molecule has 0 saturated heterocycles. The van der Waals surface area contributed by atoms with Gasteiger partial charge in [-0.1, -0.05) is 11.6 Å². The van der Waals surface area contributed by atoms with Crippen LogP contribution in [-0.2, 0) is 4.84 Å². The van der Waals surface area contributed by atoms with Crippen molar-refractivity contribution in [2.24, 2.45) is 0 Å². The molecule has 68 valence electrons. The second kappa shape index (κ2) is 3.20. The van der Waals surface area contributed by atoms with E-state index >= 15 is 0 Å². The van der Waals surface area contributed by atoms with E-state index in [0.29, 0.717) is 16.7 Å².